The number of aliphatic carboxylic acids is 1. The zero-order valence-corrected chi connectivity index (χ0v) is 14.9. The minimum absolute atomic E-state index is 0. The van der Waals surface area contributed by atoms with E-state index in [2.05, 4.69) is 9.97 Å². The van der Waals surface area contributed by atoms with Crippen molar-refractivity contribution in [1.82, 2.24) is 9.97 Å². The molecule has 1 aromatic rings. The van der Waals surface area contributed by atoms with E-state index >= 15 is 0 Å². The number of anilines is 1. The molecule has 76 valence electrons. The molecule has 0 fully saturated rings. The summed E-state index contributed by atoms with van der Waals surface area (Å²) in [5, 5.41) is 10.6. The number of hydrogen-bond acceptors (Lipinski definition) is 6. The summed E-state index contributed by atoms with van der Waals surface area (Å²) in [6.45, 7) is -0.267. The van der Waals surface area contributed by atoms with Gasteiger partial charge in [0, 0.05) is 7.05 Å². The Morgan fingerprint density at radius 1 is 1.69 bits per heavy atom. The van der Waals surface area contributed by atoms with Crippen molar-refractivity contribution in [2.45, 2.75) is 5.03 Å². The number of nitrogens with zero attached hydrogens (tertiary/aromatic N) is 2. The second-order valence-electron chi connectivity index (χ2n) is 2.64. The zero-order chi connectivity index (χ0) is 10.7. The van der Waals surface area contributed by atoms with E-state index in [4.69, 9.17) is 24.8 Å². The Bertz CT molecular complexity index is 413. The summed E-state index contributed by atoms with van der Waals surface area (Å²) in [7, 11) is 1.55. The Kier molecular flexibility index (Phi) is 10.5. The van der Waals surface area contributed by atoms with Gasteiger partial charge in [-0.2, -0.15) is 0 Å². The van der Waals surface area contributed by atoms with Crippen LogP contribution < -0.4 is 69.1 Å². The first kappa shape index (κ1) is 19.1. The van der Waals surface area contributed by atoms with Crippen molar-refractivity contribution in [3.63, 3.8) is 0 Å². The fourth-order valence-electron chi connectivity index (χ4n) is 0.872. The van der Waals surface area contributed by atoms with E-state index in [1.54, 1.807) is 7.05 Å². The van der Waals surface area contributed by atoms with Gasteiger partial charge in [0.15, 0.2) is 0 Å². The average Bonchev–Trinajstić information content (AvgIpc) is 2.00. The maximum absolute atomic E-state index is 10.3. The molecule has 0 unspecified atom stereocenters. The monoisotopic (exact) mass is 275 g/mol. The number of H-pyrrole nitrogens is 1. The van der Waals surface area contributed by atoms with Crippen LogP contribution in [0, 0.1) is 4.64 Å². The normalized spacial score (nSPS) is 8.56. The minimum Gasteiger partial charge on any atom is -0.760 e. The molecule has 0 amide bonds. The van der Waals surface area contributed by atoms with Crippen LogP contribution in [0.4, 0.5) is 5.95 Å². The van der Waals surface area contributed by atoms with Gasteiger partial charge in [0.05, 0.1) is 12.5 Å². The van der Waals surface area contributed by atoms with Crippen molar-refractivity contribution in [2.24, 2.45) is 0 Å². The maximum Gasteiger partial charge on any atom is 1.00 e. The van der Waals surface area contributed by atoms with Gasteiger partial charge in [-0.1, -0.05) is 17.2 Å². The van der Waals surface area contributed by atoms with E-state index in [9.17, 15) is 9.90 Å². The summed E-state index contributed by atoms with van der Waals surface area (Å²) >= 11 is 9.70. The first-order chi connectivity index (χ1) is 6.49. The molecule has 1 N–H and O–H groups in total. The Balaban J connectivity index is 0. The Morgan fingerprint density at radius 2 is 2.25 bits per heavy atom. The molecule has 9 heteroatoms. The van der Waals surface area contributed by atoms with Crippen LogP contribution in [0.15, 0.2) is 11.1 Å². The quantitative estimate of drug-likeness (QED) is 0.256. The van der Waals surface area contributed by atoms with Gasteiger partial charge >= 0.3 is 59.1 Å². The third kappa shape index (κ3) is 6.51. The summed E-state index contributed by atoms with van der Waals surface area (Å²) in [6.07, 6.45) is 0. The molecule has 0 aliphatic heterocycles. The molecule has 0 aromatic carbocycles. The van der Waals surface area contributed by atoms with Crippen LogP contribution in [0.25, 0.3) is 0 Å². The van der Waals surface area contributed by atoms with E-state index in [1.807, 2.05) is 0 Å². The third-order valence-electron chi connectivity index (χ3n) is 1.43. The molecular weight excluding hydrogens is 268 g/mol. The van der Waals surface area contributed by atoms with Crippen LogP contribution in [-0.4, -0.2) is 29.5 Å². The smallest absolute Gasteiger partial charge is 0.760 e. The van der Waals surface area contributed by atoms with Gasteiger partial charge in [0.2, 0.25) is 5.95 Å². The number of aromatic amines is 1. The number of carbonyl (C=O) groups excluding carboxylic acids is 1. The zero-order valence-electron chi connectivity index (χ0n) is 9.31. The van der Waals surface area contributed by atoms with Crippen LogP contribution in [0.3, 0.4) is 0 Å². The number of carbonyl (C=O) groups is 1. The molecule has 16 heavy (non-hydrogen) atoms. The van der Waals surface area contributed by atoms with Crippen LogP contribution in [0.5, 0.6) is 0 Å². The Hall–Kier alpha value is 0.790. The maximum atomic E-state index is 10.3. The van der Waals surface area contributed by atoms with Gasteiger partial charge in [-0.15, -0.1) is 0 Å². The topological polar surface area (TPSA) is 72.1 Å². The Morgan fingerprint density at radius 3 is 2.69 bits per heavy atom. The number of aromatic nitrogens is 2. The van der Waals surface area contributed by atoms with Gasteiger partial charge in [-0.05, 0) is 6.07 Å². The molecular formula is C7H7N3Na2O2S2. The van der Waals surface area contributed by atoms with E-state index in [-0.39, 0.29) is 65.7 Å². The van der Waals surface area contributed by atoms with Gasteiger partial charge in [-0.3, -0.25) is 0 Å². The van der Waals surface area contributed by atoms with Crippen molar-refractivity contribution in [3.8, 4) is 0 Å². The second-order valence-corrected chi connectivity index (χ2v) is 3.49. The molecule has 0 saturated carbocycles. The number of rotatable bonds is 3. The van der Waals surface area contributed by atoms with Crippen molar-refractivity contribution in [1.29, 1.82) is 0 Å². The predicted molar refractivity (Wildman–Crippen MR) is 53.3 cm³/mol. The van der Waals surface area contributed by atoms with Crippen LogP contribution >= 0.6 is 12.2 Å². The molecule has 0 aliphatic carbocycles. The van der Waals surface area contributed by atoms with E-state index in [1.165, 1.54) is 11.0 Å². The third-order valence-corrected chi connectivity index (χ3v) is 1.86. The molecule has 0 radical (unpaired) electrons. The molecule has 1 heterocycles. The first-order valence-corrected chi connectivity index (χ1v) is 4.50. The fourth-order valence-corrected chi connectivity index (χ4v) is 1.35. The standard InChI is InChI=1S/C7H9N3O2S2.2Na/c1-10(3-6(11)12)7-8-4(13)2-5(14)9-7;;/h2H,3H2,1H3,(H,11,12)(H2,8,9,13,14);;/q;2*+1/p-2. The molecule has 0 saturated heterocycles. The fraction of sp³-hybridized carbons (Fsp3) is 0.286. The van der Waals surface area contributed by atoms with Gasteiger partial charge in [-0.25, -0.2) is 4.98 Å². The number of likely N-dealkylation sites (N-methyl/N-ethyl adjacent to an activating group) is 1. The van der Waals surface area contributed by atoms with Crippen LogP contribution in [0.1, 0.15) is 0 Å². The summed E-state index contributed by atoms with van der Waals surface area (Å²) in [4.78, 5) is 18.3. The molecule has 0 atom stereocenters. The number of carboxylic acids is 1. The van der Waals surface area contributed by atoms with Crippen molar-refractivity contribution >= 4 is 36.8 Å². The number of hydrogen-bond donors (Lipinski definition) is 1. The Labute approximate surface area is 148 Å². The predicted octanol–water partition coefficient (Wildman–Crippen LogP) is -6.76. The van der Waals surface area contributed by atoms with Crippen LogP contribution in [0.2, 0.25) is 0 Å². The van der Waals surface area contributed by atoms with E-state index < -0.39 is 5.97 Å². The minimum atomic E-state index is -1.19. The first-order valence-electron chi connectivity index (χ1n) is 3.68. The molecule has 1 aromatic heterocycles. The summed E-state index contributed by atoms with van der Waals surface area (Å²) in [5.74, 6) is -0.866. The molecule has 5 nitrogen and oxygen atoms in total. The largest absolute Gasteiger partial charge is 1.00 e. The molecule has 1 rings (SSSR count). The average molecular weight is 275 g/mol. The van der Waals surface area contributed by atoms with Crippen LogP contribution in [-0.2, 0) is 17.4 Å². The summed E-state index contributed by atoms with van der Waals surface area (Å²) in [6, 6.07) is 1.51. The van der Waals surface area contributed by atoms with Crippen molar-refractivity contribution in [3.05, 3.63) is 10.7 Å². The van der Waals surface area contributed by atoms with Gasteiger partial charge in [0.25, 0.3) is 0 Å². The second kappa shape index (κ2) is 8.82. The molecule has 0 spiro atoms. The molecule has 0 aliphatic rings. The van der Waals surface area contributed by atoms with Gasteiger partial charge in [0.1, 0.15) is 4.64 Å². The van der Waals surface area contributed by atoms with Crippen molar-refractivity contribution in [2.75, 3.05) is 18.5 Å². The summed E-state index contributed by atoms with van der Waals surface area (Å²) < 4.78 is 0.421. The SMILES string of the molecule is CN(CC(=O)[O-])c1nc([S-])cc(=S)[nH]1.[Na+].[Na+]. The summed E-state index contributed by atoms with van der Waals surface area (Å²) in [5.41, 5.74) is 0. The van der Waals surface area contributed by atoms with E-state index in [0.29, 0.717) is 15.6 Å². The van der Waals surface area contributed by atoms with E-state index in [0.717, 1.165) is 0 Å². The number of nitrogens with one attached hydrogen (secondary N) is 1. The van der Waals surface area contributed by atoms with Crippen molar-refractivity contribution < 1.29 is 69.0 Å². The molecule has 0 bridgehead atoms. The van der Waals surface area contributed by atoms with Gasteiger partial charge < -0.3 is 32.4 Å². The number of carboxylic acid groups (broad SMARTS) is 1.